The Morgan fingerprint density at radius 1 is 1.38 bits per heavy atom. The Labute approximate surface area is 123 Å². The number of nitrogens with zero attached hydrogens (tertiary/aromatic N) is 4. The molecule has 0 bridgehead atoms. The zero-order valence-corrected chi connectivity index (χ0v) is 12.3. The first kappa shape index (κ1) is 15.0. The van der Waals surface area contributed by atoms with Crippen LogP contribution in [0.25, 0.3) is 0 Å². The third kappa shape index (κ3) is 3.79. The molecule has 0 amide bonds. The summed E-state index contributed by atoms with van der Waals surface area (Å²) in [6.07, 6.45) is 4.40. The topological polar surface area (TPSA) is 89.1 Å². The van der Waals surface area contributed by atoms with E-state index in [1.807, 2.05) is 18.0 Å². The number of aromatic nitrogens is 3. The van der Waals surface area contributed by atoms with Gasteiger partial charge in [-0.3, -0.25) is 4.79 Å². The minimum atomic E-state index is -0.128. The quantitative estimate of drug-likeness (QED) is 0.604. The fourth-order valence-electron chi connectivity index (χ4n) is 1.99. The van der Waals surface area contributed by atoms with E-state index in [0.29, 0.717) is 12.4 Å². The smallest absolute Gasteiger partial charge is 0.269 e. The fourth-order valence-corrected chi connectivity index (χ4v) is 1.99. The van der Waals surface area contributed by atoms with Crippen molar-refractivity contribution in [3.63, 3.8) is 0 Å². The third-order valence-electron chi connectivity index (χ3n) is 3.16. The lowest BCUT2D eigenvalue weighted by Gasteiger charge is -2.17. The zero-order valence-electron chi connectivity index (χ0n) is 12.3. The minimum absolute atomic E-state index is 0.128. The number of anilines is 2. The molecule has 7 heteroatoms. The maximum Gasteiger partial charge on any atom is 0.269 e. The van der Waals surface area contributed by atoms with Crippen LogP contribution in [-0.2, 0) is 6.54 Å². The third-order valence-corrected chi connectivity index (χ3v) is 3.16. The van der Waals surface area contributed by atoms with Crippen LogP contribution >= 0.6 is 0 Å². The monoisotopic (exact) mass is 288 g/mol. The van der Waals surface area contributed by atoms with Crippen molar-refractivity contribution in [3.05, 3.63) is 46.5 Å². The molecule has 112 valence electrons. The van der Waals surface area contributed by atoms with Gasteiger partial charge in [-0.05, 0) is 18.1 Å². The molecule has 0 aliphatic rings. The van der Waals surface area contributed by atoms with Crippen LogP contribution in [0.5, 0.6) is 0 Å². The first-order chi connectivity index (χ1) is 10.1. The van der Waals surface area contributed by atoms with Gasteiger partial charge in [0, 0.05) is 25.9 Å². The summed E-state index contributed by atoms with van der Waals surface area (Å²) in [5, 5.41) is 4.21. The molecule has 7 nitrogen and oxygen atoms in total. The number of rotatable bonds is 6. The summed E-state index contributed by atoms with van der Waals surface area (Å²) in [5.74, 6) is 5.84. The zero-order chi connectivity index (χ0) is 15.2. The number of hydrazine groups is 1. The molecule has 21 heavy (non-hydrogen) atoms. The Morgan fingerprint density at radius 2 is 2.19 bits per heavy atom. The molecule has 0 aliphatic heterocycles. The lowest BCUT2D eigenvalue weighted by atomic mass is 10.3. The van der Waals surface area contributed by atoms with E-state index in [9.17, 15) is 4.79 Å². The van der Waals surface area contributed by atoms with Crippen molar-refractivity contribution in [3.8, 4) is 0 Å². The van der Waals surface area contributed by atoms with Gasteiger partial charge in [-0.2, -0.15) is 5.10 Å². The lowest BCUT2D eigenvalue weighted by Crippen LogP contribution is -2.26. The minimum Gasteiger partial charge on any atom is -0.373 e. The molecule has 0 aromatic carbocycles. The van der Waals surface area contributed by atoms with E-state index in [1.165, 1.54) is 4.68 Å². The van der Waals surface area contributed by atoms with Gasteiger partial charge in [0.1, 0.15) is 5.82 Å². The van der Waals surface area contributed by atoms with Crippen LogP contribution in [0.2, 0.25) is 0 Å². The second-order valence-electron chi connectivity index (χ2n) is 4.83. The molecule has 0 aliphatic carbocycles. The maximum absolute atomic E-state index is 12.1. The first-order valence-corrected chi connectivity index (χ1v) is 6.84. The van der Waals surface area contributed by atoms with Gasteiger partial charge >= 0.3 is 0 Å². The largest absolute Gasteiger partial charge is 0.373 e. The predicted octanol–water partition coefficient (Wildman–Crippen LogP) is 0.818. The van der Waals surface area contributed by atoms with Crippen LogP contribution in [-0.4, -0.2) is 28.4 Å². The fraction of sp³-hybridized carbons (Fsp3) is 0.357. The highest BCUT2D eigenvalue weighted by Gasteiger charge is 2.05. The summed E-state index contributed by atoms with van der Waals surface area (Å²) in [6.45, 7) is 3.37. The average molecular weight is 288 g/mol. The molecule has 2 heterocycles. The molecular formula is C14H20N6O. The molecule has 2 aromatic rings. The molecule has 3 N–H and O–H groups in total. The maximum atomic E-state index is 12.1. The Bertz CT molecular complexity index is 637. The number of nitrogens with one attached hydrogen (secondary N) is 1. The Morgan fingerprint density at radius 3 is 2.76 bits per heavy atom. The van der Waals surface area contributed by atoms with Crippen LogP contribution in [0.15, 0.2) is 35.4 Å². The van der Waals surface area contributed by atoms with E-state index in [2.05, 4.69) is 22.4 Å². The highest BCUT2D eigenvalue weighted by Crippen LogP contribution is 2.08. The van der Waals surface area contributed by atoms with Crippen molar-refractivity contribution < 1.29 is 0 Å². The molecule has 0 spiro atoms. The highest BCUT2D eigenvalue weighted by molar-refractivity contribution is 5.41. The van der Waals surface area contributed by atoms with E-state index >= 15 is 0 Å². The van der Waals surface area contributed by atoms with E-state index < -0.39 is 0 Å². The molecule has 0 saturated heterocycles. The number of hydrogen-bond donors (Lipinski definition) is 2. The summed E-state index contributed by atoms with van der Waals surface area (Å²) in [4.78, 5) is 18.2. The van der Waals surface area contributed by atoms with Gasteiger partial charge in [0.15, 0.2) is 0 Å². The molecule has 0 radical (unpaired) electrons. The van der Waals surface area contributed by atoms with E-state index in [1.54, 1.807) is 24.5 Å². The van der Waals surface area contributed by atoms with Gasteiger partial charge in [-0.1, -0.05) is 13.0 Å². The van der Waals surface area contributed by atoms with Crippen LogP contribution in [0.3, 0.4) is 0 Å². The molecule has 0 fully saturated rings. The van der Waals surface area contributed by atoms with Gasteiger partial charge in [-0.25, -0.2) is 15.5 Å². The Balaban J connectivity index is 2.15. The van der Waals surface area contributed by atoms with Crippen LogP contribution < -0.4 is 21.7 Å². The number of hydrogen-bond acceptors (Lipinski definition) is 6. The summed E-state index contributed by atoms with van der Waals surface area (Å²) in [5.41, 5.74) is 4.05. The van der Waals surface area contributed by atoms with E-state index in [4.69, 9.17) is 5.84 Å². The van der Waals surface area contributed by atoms with Gasteiger partial charge in [0.2, 0.25) is 0 Å². The second kappa shape index (κ2) is 6.85. The highest BCUT2D eigenvalue weighted by atomic mass is 16.1. The summed E-state index contributed by atoms with van der Waals surface area (Å²) >= 11 is 0. The number of nitrogen functional groups attached to an aromatic ring is 1. The summed E-state index contributed by atoms with van der Waals surface area (Å²) in [6, 6.07) is 5.21. The van der Waals surface area contributed by atoms with E-state index in [-0.39, 0.29) is 5.56 Å². The Kier molecular flexibility index (Phi) is 4.89. The predicted molar refractivity (Wildman–Crippen MR) is 83.2 cm³/mol. The molecule has 2 aromatic heterocycles. The molecular weight excluding hydrogens is 268 g/mol. The molecule has 2 rings (SSSR count). The van der Waals surface area contributed by atoms with Crippen molar-refractivity contribution in [2.24, 2.45) is 5.84 Å². The standard InChI is InChI=1S/C14H20N6O/c1-3-6-19(2)12-7-14(21)20(17-9-12)10-11-4-5-13(18-15)16-8-11/h4-5,7-9H,3,6,10,15H2,1-2H3,(H,16,18). The van der Waals surface area contributed by atoms with Crippen LogP contribution in [0.1, 0.15) is 18.9 Å². The summed E-state index contributed by atoms with van der Waals surface area (Å²) < 4.78 is 1.41. The van der Waals surface area contributed by atoms with Crippen molar-refractivity contribution >= 4 is 11.5 Å². The SMILES string of the molecule is CCCN(C)c1cnn(Cc2ccc(NN)nc2)c(=O)c1. The van der Waals surface area contributed by atoms with Crippen LogP contribution in [0.4, 0.5) is 11.5 Å². The average Bonchev–Trinajstić information content (AvgIpc) is 2.50. The van der Waals surface area contributed by atoms with Crippen molar-refractivity contribution in [1.29, 1.82) is 0 Å². The summed E-state index contributed by atoms with van der Waals surface area (Å²) in [7, 11) is 1.95. The first-order valence-electron chi connectivity index (χ1n) is 6.84. The van der Waals surface area contributed by atoms with Gasteiger partial charge < -0.3 is 10.3 Å². The molecule has 0 atom stereocenters. The second-order valence-corrected chi connectivity index (χ2v) is 4.83. The molecule has 0 saturated carbocycles. The molecule has 0 unspecified atom stereocenters. The number of nitrogens with two attached hydrogens (primary N) is 1. The van der Waals surface area contributed by atoms with Crippen molar-refractivity contribution in [2.75, 3.05) is 23.9 Å². The van der Waals surface area contributed by atoms with Gasteiger partial charge in [0.25, 0.3) is 5.56 Å². The van der Waals surface area contributed by atoms with Crippen molar-refractivity contribution in [1.82, 2.24) is 14.8 Å². The van der Waals surface area contributed by atoms with Crippen molar-refractivity contribution in [2.45, 2.75) is 19.9 Å². The van der Waals surface area contributed by atoms with Gasteiger partial charge in [0.05, 0.1) is 18.4 Å². The number of pyridine rings is 1. The van der Waals surface area contributed by atoms with E-state index in [0.717, 1.165) is 24.2 Å². The van der Waals surface area contributed by atoms with Gasteiger partial charge in [-0.15, -0.1) is 0 Å². The lowest BCUT2D eigenvalue weighted by molar-refractivity contribution is 0.635. The Hall–Kier alpha value is -2.41. The van der Waals surface area contributed by atoms with Crippen LogP contribution in [0, 0.1) is 0 Å². The normalized spacial score (nSPS) is 10.4.